The van der Waals surface area contributed by atoms with Crippen LogP contribution in [0.5, 0.6) is 0 Å². The molecule has 2 aromatic carbocycles. The van der Waals surface area contributed by atoms with Gasteiger partial charge in [0.2, 0.25) is 0 Å². The predicted molar refractivity (Wildman–Crippen MR) is 119 cm³/mol. The Morgan fingerprint density at radius 3 is 1.50 bits per heavy atom. The Hall–Kier alpha value is -2.28. The van der Waals surface area contributed by atoms with Gasteiger partial charge in [-0.25, -0.2) is 0 Å². The van der Waals surface area contributed by atoms with Crippen LogP contribution in [0.3, 0.4) is 0 Å². The average molecular weight is 348 g/mol. The summed E-state index contributed by atoms with van der Waals surface area (Å²) in [5.74, 6) is 0. The third kappa shape index (κ3) is 3.49. The summed E-state index contributed by atoms with van der Waals surface area (Å²) in [5.41, 5.74) is 14.5. The van der Waals surface area contributed by atoms with E-state index < -0.39 is 0 Å². The lowest BCUT2D eigenvalue weighted by Crippen LogP contribution is -2.08. The van der Waals surface area contributed by atoms with Gasteiger partial charge in [0.15, 0.2) is 0 Å². The first-order chi connectivity index (χ1) is 12.1. The molecule has 0 aromatic heterocycles. The van der Waals surface area contributed by atoms with E-state index in [0.717, 1.165) is 5.57 Å². The van der Waals surface area contributed by atoms with Crippen molar-refractivity contribution in [1.82, 2.24) is 0 Å². The van der Waals surface area contributed by atoms with E-state index in [9.17, 15) is 0 Å². The molecule has 0 unspecified atom stereocenters. The van der Waals surface area contributed by atoms with Gasteiger partial charge in [0.05, 0.1) is 0 Å². The van der Waals surface area contributed by atoms with E-state index in [0.29, 0.717) is 0 Å². The number of hydrogen-bond acceptors (Lipinski definition) is 1. The van der Waals surface area contributed by atoms with Crippen molar-refractivity contribution < 1.29 is 0 Å². The zero-order chi connectivity index (χ0) is 19.8. The Morgan fingerprint density at radius 2 is 1.12 bits per heavy atom. The van der Waals surface area contributed by atoms with Crippen LogP contribution in [-0.2, 0) is 0 Å². The Bertz CT molecular complexity index is 848. The lowest BCUT2D eigenvalue weighted by Gasteiger charge is -2.23. The van der Waals surface area contributed by atoms with Crippen LogP contribution in [-0.4, -0.2) is 14.1 Å². The van der Waals surface area contributed by atoms with Crippen LogP contribution in [0.2, 0.25) is 0 Å². The fourth-order valence-corrected chi connectivity index (χ4v) is 3.93. The molecule has 0 atom stereocenters. The van der Waals surface area contributed by atoms with E-state index in [2.05, 4.69) is 98.3 Å². The molecule has 0 fully saturated rings. The van der Waals surface area contributed by atoms with E-state index in [-0.39, 0.29) is 0 Å². The molecule has 26 heavy (non-hydrogen) atoms. The van der Waals surface area contributed by atoms with Gasteiger partial charge in [0.25, 0.3) is 0 Å². The molecule has 2 rings (SSSR count). The monoisotopic (exact) mass is 347 g/mol. The molecular weight excluding hydrogens is 314 g/mol. The van der Waals surface area contributed by atoms with Crippen LogP contribution in [0.25, 0.3) is 16.7 Å². The second-order valence-electron chi connectivity index (χ2n) is 7.72. The van der Waals surface area contributed by atoms with Gasteiger partial charge >= 0.3 is 0 Å². The summed E-state index contributed by atoms with van der Waals surface area (Å²) in [4.78, 5) is 2.13. The smallest absolute Gasteiger partial charge is 0.0361 e. The third-order valence-corrected chi connectivity index (χ3v) is 5.81. The van der Waals surface area contributed by atoms with Gasteiger partial charge in [-0.2, -0.15) is 0 Å². The molecule has 0 spiro atoms. The number of benzene rings is 2. The number of allylic oxidation sites excluding steroid dienone is 3. The highest BCUT2D eigenvalue weighted by Gasteiger charge is 2.17. The lowest BCUT2D eigenvalue weighted by atomic mass is 9.82. The molecule has 0 aliphatic rings. The summed E-state index contributed by atoms with van der Waals surface area (Å²) in [7, 11) is 4.15. The molecule has 0 aliphatic carbocycles. The van der Waals surface area contributed by atoms with Gasteiger partial charge in [-0.1, -0.05) is 24.3 Å². The maximum Gasteiger partial charge on any atom is 0.0361 e. The van der Waals surface area contributed by atoms with E-state index in [1.807, 2.05) is 0 Å². The Labute approximate surface area is 160 Å². The van der Waals surface area contributed by atoms with Crippen molar-refractivity contribution in [2.45, 2.75) is 48.5 Å². The summed E-state index contributed by atoms with van der Waals surface area (Å²) in [6.07, 6.45) is 0. The molecule has 0 amide bonds. The fourth-order valence-electron chi connectivity index (χ4n) is 3.93. The number of hydrogen-bond donors (Lipinski definition) is 0. The van der Waals surface area contributed by atoms with Gasteiger partial charge < -0.3 is 4.90 Å². The maximum atomic E-state index is 4.19. The highest BCUT2D eigenvalue weighted by atomic mass is 15.1. The van der Waals surface area contributed by atoms with E-state index in [1.165, 1.54) is 55.8 Å². The molecule has 1 heteroatoms. The SMILES string of the molecule is C=C(C)c1c(C)c(C)c(C(C)=C(C)c2ccc(N(C)C)cc2)c(C)c1C. The molecule has 0 saturated carbocycles. The second kappa shape index (κ2) is 7.53. The third-order valence-electron chi connectivity index (χ3n) is 5.81. The molecule has 1 nitrogen and oxygen atoms in total. The van der Waals surface area contributed by atoms with Crippen molar-refractivity contribution in [1.29, 1.82) is 0 Å². The zero-order valence-corrected chi connectivity index (χ0v) is 18.0. The normalized spacial score (nSPS) is 12.0. The topological polar surface area (TPSA) is 3.24 Å². The Kier molecular flexibility index (Phi) is 5.81. The van der Waals surface area contributed by atoms with Gasteiger partial charge in [0.1, 0.15) is 0 Å². The minimum atomic E-state index is 1.15. The summed E-state index contributed by atoms with van der Waals surface area (Å²) < 4.78 is 0. The zero-order valence-electron chi connectivity index (χ0n) is 18.0. The van der Waals surface area contributed by atoms with Crippen LogP contribution in [0.15, 0.2) is 30.8 Å². The fraction of sp³-hybridized carbons (Fsp3) is 0.360. The van der Waals surface area contributed by atoms with Crippen LogP contribution >= 0.6 is 0 Å². The quantitative estimate of drug-likeness (QED) is 0.540. The molecule has 0 bridgehead atoms. The average Bonchev–Trinajstić information content (AvgIpc) is 2.59. The second-order valence-corrected chi connectivity index (χ2v) is 7.72. The van der Waals surface area contributed by atoms with Crippen LogP contribution < -0.4 is 4.90 Å². The van der Waals surface area contributed by atoms with Gasteiger partial charge in [-0.05, 0) is 111 Å². The van der Waals surface area contributed by atoms with Crippen molar-refractivity contribution >= 4 is 22.4 Å². The van der Waals surface area contributed by atoms with Gasteiger partial charge in [0, 0.05) is 19.8 Å². The standard InChI is InChI=1S/C25H33N/c1-15(2)24-18(5)20(7)25(21(8)19(24)6)17(4)16(3)22-11-13-23(14-12-22)26(9)10/h11-14H,1H2,2-10H3. The van der Waals surface area contributed by atoms with Gasteiger partial charge in [-0.15, -0.1) is 0 Å². The molecule has 2 aromatic rings. The minimum Gasteiger partial charge on any atom is -0.378 e. The van der Waals surface area contributed by atoms with E-state index >= 15 is 0 Å². The summed E-state index contributed by atoms with van der Waals surface area (Å²) >= 11 is 0. The first-order valence-corrected chi connectivity index (χ1v) is 9.29. The molecule has 0 saturated heterocycles. The van der Waals surface area contributed by atoms with Gasteiger partial charge in [-0.3, -0.25) is 0 Å². The molecule has 0 aliphatic heterocycles. The van der Waals surface area contributed by atoms with Crippen molar-refractivity contribution in [3.8, 4) is 0 Å². The summed E-state index contributed by atoms with van der Waals surface area (Å²) in [6, 6.07) is 8.82. The minimum absolute atomic E-state index is 1.15. The van der Waals surface area contributed by atoms with Crippen LogP contribution in [0.4, 0.5) is 5.69 Å². The van der Waals surface area contributed by atoms with Crippen LogP contribution in [0.1, 0.15) is 59.7 Å². The van der Waals surface area contributed by atoms with Crippen molar-refractivity contribution in [3.05, 3.63) is 69.8 Å². The Balaban J connectivity index is 2.66. The molecular formula is C25H33N. The number of rotatable bonds is 4. The first kappa shape index (κ1) is 20.0. The largest absolute Gasteiger partial charge is 0.378 e. The molecule has 0 radical (unpaired) electrons. The van der Waals surface area contributed by atoms with E-state index in [1.54, 1.807) is 0 Å². The van der Waals surface area contributed by atoms with Crippen molar-refractivity contribution in [2.24, 2.45) is 0 Å². The summed E-state index contributed by atoms with van der Waals surface area (Å²) in [5, 5.41) is 0. The molecule has 0 heterocycles. The molecule has 138 valence electrons. The van der Waals surface area contributed by atoms with Crippen molar-refractivity contribution in [2.75, 3.05) is 19.0 Å². The van der Waals surface area contributed by atoms with E-state index in [4.69, 9.17) is 0 Å². The van der Waals surface area contributed by atoms with Crippen LogP contribution in [0, 0.1) is 27.7 Å². The predicted octanol–water partition coefficient (Wildman–Crippen LogP) is 6.97. The maximum absolute atomic E-state index is 4.19. The Morgan fingerprint density at radius 1 is 0.692 bits per heavy atom. The highest BCUT2D eigenvalue weighted by molar-refractivity contribution is 5.92. The lowest BCUT2D eigenvalue weighted by molar-refractivity contribution is 1.13. The highest BCUT2D eigenvalue weighted by Crippen LogP contribution is 2.37. The first-order valence-electron chi connectivity index (χ1n) is 9.29. The summed E-state index contributed by atoms with van der Waals surface area (Å²) in [6.45, 7) is 19.7. The number of nitrogens with zero attached hydrogens (tertiary/aromatic N) is 1. The molecule has 0 N–H and O–H groups in total. The number of anilines is 1. The van der Waals surface area contributed by atoms with Crippen molar-refractivity contribution in [3.63, 3.8) is 0 Å².